The molecule has 0 saturated heterocycles. The summed E-state index contributed by atoms with van der Waals surface area (Å²) >= 11 is 0. The number of hydrogen-bond donors (Lipinski definition) is 2. The van der Waals surface area contributed by atoms with E-state index in [2.05, 4.69) is 5.32 Å². The Labute approximate surface area is 107 Å². The molecule has 2 atom stereocenters. The maximum atomic E-state index is 12.7. The van der Waals surface area contributed by atoms with Gasteiger partial charge in [-0.05, 0) is 31.0 Å². The number of benzene rings is 1. The largest absolute Gasteiger partial charge is 0.386 e. The van der Waals surface area contributed by atoms with E-state index in [0.29, 0.717) is 12.0 Å². The first-order chi connectivity index (χ1) is 8.54. The van der Waals surface area contributed by atoms with Gasteiger partial charge in [0, 0.05) is 6.42 Å². The minimum absolute atomic E-state index is 0.0643. The summed E-state index contributed by atoms with van der Waals surface area (Å²) in [6.45, 7) is 3.75. The van der Waals surface area contributed by atoms with Crippen molar-refractivity contribution in [3.05, 3.63) is 35.6 Å². The predicted octanol–water partition coefficient (Wildman–Crippen LogP) is 2.55. The summed E-state index contributed by atoms with van der Waals surface area (Å²) in [4.78, 5) is 11.5. The van der Waals surface area contributed by atoms with Crippen LogP contribution in [-0.2, 0) is 4.79 Å². The third-order valence-corrected chi connectivity index (χ3v) is 2.83. The van der Waals surface area contributed by atoms with Crippen molar-refractivity contribution < 1.29 is 14.3 Å². The first kappa shape index (κ1) is 14.6. The zero-order chi connectivity index (χ0) is 13.5. The number of halogens is 1. The van der Waals surface area contributed by atoms with Gasteiger partial charge in [-0.1, -0.05) is 25.5 Å². The third-order valence-electron chi connectivity index (χ3n) is 2.83. The van der Waals surface area contributed by atoms with Crippen molar-refractivity contribution in [2.45, 2.75) is 45.3 Å². The van der Waals surface area contributed by atoms with E-state index in [-0.39, 0.29) is 17.8 Å². The van der Waals surface area contributed by atoms with E-state index in [9.17, 15) is 14.3 Å². The van der Waals surface area contributed by atoms with Gasteiger partial charge in [0.2, 0.25) is 5.91 Å². The van der Waals surface area contributed by atoms with Gasteiger partial charge in [-0.2, -0.15) is 0 Å². The third kappa shape index (κ3) is 4.45. The molecule has 0 aliphatic heterocycles. The average Bonchev–Trinajstić information content (AvgIpc) is 2.36. The fraction of sp³-hybridized carbons (Fsp3) is 0.500. The topological polar surface area (TPSA) is 49.3 Å². The monoisotopic (exact) mass is 253 g/mol. The molecule has 1 aromatic rings. The lowest BCUT2D eigenvalue weighted by Gasteiger charge is -2.20. The molecule has 18 heavy (non-hydrogen) atoms. The summed E-state index contributed by atoms with van der Waals surface area (Å²) in [6, 6.07) is 5.25. The van der Waals surface area contributed by atoms with Crippen molar-refractivity contribution in [2.75, 3.05) is 0 Å². The van der Waals surface area contributed by atoms with Crippen molar-refractivity contribution in [3.63, 3.8) is 0 Å². The van der Waals surface area contributed by atoms with Crippen molar-refractivity contribution in [2.24, 2.45) is 0 Å². The number of rotatable bonds is 6. The van der Waals surface area contributed by atoms with Gasteiger partial charge in [-0.15, -0.1) is 0 Å². The summed E-state index contributed by atoms with van der Waals surface area (Å²) in [6.07, 6.45) is 1.45. The van der Waals surface area contributed by atoms with Crippen LogP contribution in [0, 0.1) is 5.82 Å². The number of aliphatic hydroxyl groups excluding tert-OH is 1. The molecule has 0 heterocycles. The van der Waals surface area contributed by atoms with E-state index in [1.165, 1.54) is 24.3 Å². The van der Waals surface area contributed by atoms with Crippen LogP contribution in [0.25, 0.3) is 0 Å². The molecule has 0 fully saturated rings. The van der Waals surface area contributed by atoms with Gasteiger partial charge in [0.15, 0.2) is 0 Å². The highest BCUT2D eigenvalue weighted by Crippen LogP contribution is 2.17. The second kappa shape index (κ2) is 7.11. The van der Waals surface area contributed by atoms with E-state index in [0.717, 1.165) is 12.8 Å². The minimum atomic E-state index is -0.823. The lowest BCUT2D eigenvalue weighted by atomic mass is 10.0. The molecule has 0 saturated carbocycles. The second-order valence-electron chi connectivity index (χ2n) is 4.46. The Morgan fingerprint density at radius 1 is 1.39 bits per heavy atom. The normalized spacial score (nSPS) is 14.0. The van der Waals surface area contributed by atoms with Gasteiger partial charge in [-0.3, -0.25) is 4.79 Å². The molecule has 0 aromatic heterocycles. The molecule has 0 aliphatic carbocycles. The molecule has 100 valence electrons. The summed E-state index contributed by atoms with van der Waals surface area (Å²) in [5, 5.41) is 12.8. The van der Waals surface area contributed by atoms with Crippen LogP contribution in [0.4, 0.5) is 4.39 Å². The summed E-state index contributed by atoms with van der Waals surface area (Å²) in [7, 11) is 0. The van der Waals surface area contributed by atoms with Gasteiger partial charge in [0.1, 0.15) is 5.82 Å². The maximum absolute atomic E-state index is 12.7. The molecule has 0 spiro atoms. The number of carbonyl (C=O) groups is 1. The van der Waals surface area contributed by atoms with Crippen molar-refractivity contribution in [3.8, 4) is 0 Å². The summed E-state index contributed by atoms with van der Waals surface area (Å²) in [5.74, 6) is -0.406. The Hall–Kier alpha value is -1.42. The highest BCUT2D eigenvalue weighted by atomic mass is 19.1. The van der Waals surface area contributed by atoms with Gasteiger partial charge in [-0.25, -0.2) is 4.39 Å². The van der Waals surface area contributed by atoms with Crippen LogP contribution in [-0.4, -0.2) is 17.1 Å². The molecule has 1 amide bonds. The Bertz CT molecular complexity index is 378. The van der Waals surface area contributed by atoms with Gasteiger partial charge >= 0.3 is 0 Å². The number of unbranched alkanes of at least 4 members (excludes halogenated alkanes) is 1. The number of nitrogens with one attached hydrogen (secondary N) is 1. The number of carbonyl (C=O) groups excluding carboxylic acids is 1. The van der Waals surface area contributed by atoms with E-state index >= 15 is 0 Å². The highest BCUT2D eigenvalue weighted by molar-refractivity contribution is 5.76. The Morgan fingerprint density at radius 2 is 2.00 bits per heavy atom. The number of aliphatic hydroxyl groups is 1. The number of amides is 1. The Kier molecular flexibility index (Phi) is 5.78. The molecule has 1 rings (SSSR count). The van der Waals surface area contributed by atoms with Crippen LogP contribution in [0.2, 0.25) is 0 Å². The van der Waals surface area contributed by atoms with Crippen LogP contribution < -0.4 is 5.32 Å². The average molecular weight is 253 g/mol. The SMILES string of the molecule is CCCCC(=O)NC(C)C(O)c1ccc(F)cc1. The van der Waals surface area contributed by atoms with Crippen LogP contribution in [0.15, 0.2) is 24.3 Å². The second-order valence-corrected chi connectivity index (χ2v) is 4.46. The Balaban J connectivity index is 2.53. The standard InChI is InChI=1S/C14H20FNO2/c1-3-4-5-13(17)16-10(2)14(18)11-6-8-12(15)9-7-11/h6-10,14,18H,3-5H2,1-2H3,(H,16,17). The fourth-order valence-corrected chi connectivity index (χ4v) is 1.69. The predicted molar refractivity (Wildman–Crippen MR) is 68.5 cm³/mol. The quantitative estimate of drug-likeness (QED) is 0.818. The van der Waals surface area contributed by atoms with E-state index < -0.39 is 6.10 Å². The fourth-order valence-electron chi connectivity index (χ4n) is 1.69. The molecule has 0 radical (unpaired) electrons. The minimum Gasteiger partial charge on any atom is -0.386 e. The zero-order valence-electron chi connectivity index (χ0n) is 10.8. The van der Waals surface area contributed by atoms with Gasteiger partial charge in [0.25, 0.3) is 0 Å². The van der Waals surface area contributed by atoms with Crippen molar-refractivity contribution in [1.29, 1.82) is 0 Å². The maximum Gasteiger partial charge on any atom is 0.220 e. The molecule has 0 bridgehead atoms. The van der Waals surface area contributed by atoms with E-state index in [1.54, 1.807) is 6.92 Å². The molecule has 2 unspecified atom stereocenters. The molecular weight excluding hydrogens is 233 g/mol. The molecule has 0 aliphatic rings. The van der Waals surface area contributed by atoms with Gasteiger partial charge in [0.05, 0.1) is 12.1 Å². The molecule has 2 N–H and O–H groups in total. The summed E-state index contributed by atoms with van der Waals surface area (Å²) < 4.78 is 12.7. The van der Waals surface area contributed by atoms with Crippen LogP contribution in [0.5, 0.6) is 0 Å². The molecule has 1 aromatic carbocycles. The molecular formula is C14H20FNO2. The van der Waals surface area contributed by atoms with Crippen molar-refractivity contribution in [1.82, 2.24) is 5.32 Å². The first-order valence-corrected chi connectivity index (χ1v) is 6.27. The van der Waals surface area contributed by atoms with Crippen LogP contribution >= 0.6 is 0 Å². The lowest BCUT2D eigenvalue weighted by Crippen LogP contribution is -2.36. The molecule has 3 nitrogen and oxygen atoms in total. The van der Waals surface area contributed by atoms with Gasteiger partial charge < -0.3 is 10.4 Å². The Morgan fingerprint density at radius 3 is 2.56 bits per heavy atom. The summed E-state index contributed by atoms with van der Waals surface area (Å²) in [5.41, 5.74) is 0.597. The first-order valence-electron chi connectivity index (χ1n) is 6.27. The lowest BCUT2D eigenvalue weighted by molar-refractivity contribution is -0.122. The molecule has 4 heteroatoms. The van der Waals surface area contributed by atoms with E-state index in [1.807, 2.05) is 6.92 Å². The highest BCUT2D eigenvalue weighted by Gasteiger charge is 2.18. The smallest absolute Gasteiger partial charge is 0.220 e. The van der Waals surface area contributed by atoms with Crippen LogP contribution in [0.1, 0.15) is 44.8 Å². The van der Waals surface area contributed by atoms with Crippen molar-refractivity contribution >= 4 is 5.91 Å². The number of hydrogen-bond acceptors (Lipinski definition) is 2. The zero-order valence-corrected chi connectivity index (χ0v) is 10.8. The van der Waals surface area contributed by atoms with Crippen LogP contribution in [0.3, 0.4) is 0 Å². The van der Waals surface area contributed by atoms with E-state index in [4.69, 9.17) is 0 Å².